The summed E-state index contributed by atoms with van der Waals surface area (Å²) < 4.78 is 13.9. The highest BCUT2D eigenvalue weighted by Crippen LogP contribution is 2.26. The maximum absolute atomic E-state index is 13.9. The van der Waals surface area contributed by atoms with E-state index in [1.54, 1.807) is 12.4 Å². The molecule has 0 bridgehead atoms. The molecular formula is C21H27FN6O. The van der Waals surface area contributed by atoms with Gasteiger partial charge in [0.05, 0.1) is 11.7 Å². The minimum atomic E-state index is -0.509. The van der Waals surface area contributed by atoms with Crippen LogP contribution in [0.15, 0.2) is 30.6 Å². The van der Waals surface area contributed by atoms with Crippen LogP contribution in [0.5, 0.6) is 0 Å². The van der Waals surface area contributed by atoms with Crippen molar-refractivity contribution in [1.82, 2.24) is 15.3 Å². The third-order valence-electron chi connectivity index (χ3n) is 5.46. The number of aromatic nitrogens is 2. The molecule has 3 atom stereocenters. The lowest BCUT2D eigenvalue weighted by atomic mass is 10.1. The third kappa shape index (κ3) is 4.81. The molecule has 2 N–H and O–H groups in total. The van der Waals surface area contributed by atoms with Crippen molar-refractivity contribution >= 4 is 11.6 Å². The van der Waals surface area contributed by atoms with Gasteiger partial charge in [-0.15, -0.1) is 0 Å². The first-order valence-electron chi connectivity index (χ1n) is 9.83. The predicted octanol–water partition coefficient (Wildman–Crippen LogP) is 2.23. The van der Waals surface area contributed by atoms with Gasteiger partial charge in [0.15, 0.2) is 0 Å². The Labute approximate surface area is 170 Å². The molecule has 29 heavy (non-hydrogen) atoms. The van der Waals surface area contributed by atoms with Gasteiger partial charge >= 0.3 is 0 Å². The quantitative estimate of drug-likeness (QED) is 0.739. The van der Waals surface area contributed by atoms with Crippen LogP contribution in [-0.2, 0) is 0 Å². The van der Waals surface area contributed by atoms with Crippen molar-refractivity contribution in [2.24, 2.45) is 0 Å². The normalized spacial score (nSPS) is 19.8. The number of benzene rings is 1. The minimum absolute atomic E-state index is 0.0441. The number of rotatable bonds is 7. The molecule has 3 rings (SSSR count). The Hall–Kier alpha value is -2.76. The summed E-state index contributed by atoms with van der Waals surface area (Å²) in [6, 6.07) is 8.40. The van der Waals surface area contributed by atoms with E-state index in [1.807, 2.05) is 31.0 Å². The van der Waals surface area contributed by atoms with Crippen LogP contribution in [0.3, 0.4) is 0 Å². The van der Waals surface area contributed by atoms with E-state index in [-0.39, 0.29) is 17.6 Å². The maximum atomic E-state index is 13.9. The standard InChI is InChI=1S/C21H27FN6O/c1-4-27(3)20-9-21(26-13-25-20)28-12-18(29)8-17(28)11-24-14(2)15-5-6-16(10-23)19(22)7-15/h5-7,9,13-14,17-18,24,29H,4,8,11-12H2,1-3H3/t14?,17-,18-/m1/s1. The van der Waals surface area contributed by atoms with Gasteiger partial charge in [-0.1, -0.05) is 6.07 Å². The summed E-state index contributed by atoms with van der Waals surface area (Å²) in [7, 11) is 1.97. The molecule has 2 heterocycles. The van der Waals surface area contributed by atoms with Crippen molar-refractivity contribution in [2.75, 3.05) is 36.5 Å². The van der Waals surface area contributed by atoms with E-state index >= 15 is 0 Å². The number of hydrogen-bond donors (Lipinski definition) is 2. The zero-order chi connectivity index (χ0) is 21.0. The molecule has 1 aromatic carbocycles. The monoisotopic (exact) mass is 398 g/mol. The number of anilines is 2. The largest absolute Gasteiger partial charge is 0.391 e. The van der Waals surface area contributed by atoms with Gasteiger partial charge in [-0.05, 0) is 38.0 Å². The number of β-amino-alcohol motifs (C(OH)–C–C–N with tert-alkyl or cyclic N) is 1. The molecule has 8 heteroatoms. The molecule has 2 aromatic rings. The second-order valence-electron chi connectivity index (χ2n) is 7.43. The summed E-state index contributed by atoms with van der Waals surface area (Å²) in [6.45, 7) is 5.97. The third-order valence-corrected chi connectivity index (χ3v) is 5.46. The van der Waals surface area contributed by atoms with E-state index in [1.165, 1.54) is 12.1 Å². The second kappa shape index (κ2) is 9.16. The van der Waals surface area contributed by atoms with Crippen LogP contribution in [0.4, 0.5) is 16.0 Å². The topological polar surface area (TPSA) is 88.3 Å². The van der Waals surface area contributed by atoms with Gasteiger partial charge in [0.2, 0.25) is 0 Å². The van der Waals surface area contributed by atoms with Gasteiger partial charge in [0, 0.05) is 44.8 Å². The molecular weight excluding hydrogens is 371 g/mol. The average molecular weight is 398 g/mol. The molecule has 0 saturated carbocycles. The molecule has 1 aromatic heterocycles. The zero-order valence-electron chi connectivity index (χ0n) is 17.0. The SMILES string of the molecule is CCN(C)c1cc(N2C[C@H](O)C[C@@H]2CNC(C)c2ccc(C#N)c(F)c2)ncn1. The number of aliphatic hydroxyl groups is 1. The van der Waals surface area contributed by atoms with Crippen molar-refractivity contribution in [1.29, 1.82) is 5.26 Å². The van der Waals surface area contributed by atoms with Crippen molar-refractivity contribution in [3.8, 4) is 6.07 Å². The van der Waals surface area contributed by atoms with E-state index in [0.29, 0.717) is 19.5 Å². The molecule has 0 aliphatic carbocycles. The number of halogens is 1. The number of nitrogens with one attached hydrogen (secondary N) is 1. The first kappa shape index (κ1) is 21.0. The van der Waals surface area contributed by atoms with Crippen LogP contribution in [-0.4, -0.2) is 53.9 Å². The average Bonchev–Trinajstić information content (AvgIpc) is 3.12. The predicted molar refractivity (Wildman–Crippen MR) is 110 cm³/mol. The van der Waals surface area contributed by atoms with Gasteiger partial charge in [-0.25, -0.2) is 14.4 Å². The number of aliphatic hydroxyl groups excluding tert-OH is 1. The van der Waals surface area contributed by atoms with Gasteiger partial charge in [-0.3, -0.25) is 0 Å². The molecule has 0 spiro atoms. The molecule has 1 unspecified atom stereocenters. The molecule has 1 aliphatic heterocycles. The lowest BCUT2D eigenvalue weighted by Gasteiger charge is -2.28. The van der Waals surface area contributed by atoms with Gasteiger partial charge in [0.1, 0.15) is 29.8 Å². The zero-order valence-corrected chi connectivity index (χ0v) is 17.0. The van der Waals surface area contributed by atoms with E-state index < -0.39 is 11.9 Å². The molecule has 0 radical (unpaired) electrons. The summed E-state index contributed by atoms with van der Waals surface area (Å²) in [4.78, 5) is 12.9. The Bertz CT molecular complexity index is 886. The van der Waals surface area contributed by atoms with Crippen LogP contribution in [0.2, 0.25) is 0 Å². The van der Waals surface area contributed by atoms with Crippen LogP contribution in [0.25, 0.3) is 0 Å². The fourth-order valence-corrected chi connectivity index (χ4v) is 3.55. The first-order valence-corrected chi connectivity index (χ1v) is 9.83. The van der Waals surface area contributed by atoms with Crippen molar-refractivity contribution < 1.29 is 9.50 Å². The minimum Gasteiger partial charge on any atom is -0.391 e. The van der Waals surface area contributed by atoms with E-state index in [9.17, 15) is 9.50 Å². The molecule has 0 amide bonds. The summed E-state index contributed by atoms with van der Waals surface area (Å²) >= 11 is 0. The Morgan fingerprint density at radius 1 is 1.41 bits per heavy atom. The van der Waals surface area contributed by atoms with E-state index in [0.717, 1.165) is 23.7 Å². The fraction of sp³-hybridized carbons (Fsp3) is 0.476. The van der Waals surface area contributed by atoms with Crippen molar-refractivity contribution in [2.45, 2.75) is 38.5 Å². The summed E-state index contributed by atoms with van der Waals surface area (Å²) in [5.41, 5.74) is 0.822. The Kier molecular flexibility index (Phi) is 6.62. The lowest BCUT2D eigenvalue weighted by Crippen LogP contribution is -2.39. The van der Waals surface area contributed by atoms with Gasteiger partial charge in [-0.2, -0.15) is 5.26 Å². The van der Waals surface area contributed by atoms with Crippen molar-refractivity contribution in [3.63, 3.8) is 0 Å². The molecule has 1 fully saturated rings. The summed E-state index contributed by atoms with van der Waals surface area (Å²) in [5, 5.41) is 22.5. The summed E-state index contributed by atoms with van der Waals surface area (Å²) in [6.07, 6.45) is 1.75. The smallest absolute Gasteiger partial charge is 0.141 e. The lowest BCUT2D eigenvalue weighted by molar-refractivity contribution is 0.193. The van der Waals surface area contributed by atoms with Crippen LogP contribution in [0, 0.1) is 17.1 Å². The molecule has 1 aliphatic rings. The fourth-order valence-electron chi connectivity index (χ4n) is 3.55. The van der Waals surface area contributed by atoms with Crippen LogP contribution in [0.1, 0.15) is 37.4 Å². The van der Waals surface area contributed by atoms with E-state index in [4.69, 9.17) is 5.26 Å². The Balaban J connectivity index is 1.69. The summed E-state index contributed by atoms with van der Waals surface area (Å²) in [5.74, 6) is 1.12. The molecule has 154 valence electrons. The Morgan fingerprint density at radius 3 is 2.90 bits per heavy atom. The Morgan fingerprint density at radius 2 is 2.21 bits per heavy atom. The maximum Gasteiger partial charge on any atom is 0.141 e. The number of nitrogens with zero attached hydrogens (tertiary/aromatic N) is 5. The van der Waals surface area contributed by atoms with E-state index in [2.05, 4.69) is 27.1 Å². The highest BCUT2D eigenvalue weighted by Gasteiger charge is 2.32. The number of hydrogen-bond acceptors (Lipinski definition) is 7. The van der Waals surface area contributed by atoms with Crippen LogP contribution < -0.4 is 15.1 Å². The van der Waals surface area contributed by atoms with Crippen LogP contribution >= 0.6 is 0 Å². The van der Waals surface area contributed by atoms with Gasteiger partial charge in [0.25, 0.3) is 0 Å². The number of nitriles is 1. The molecule has 7 nitrogen and oxygen atoms in total. The molecule has 1 saturated heterocycles. The second-order valence-corrected chi connectivity index (χ2v) is 7.43. The highest BCUT2D eigenvalue weighted by molar-refractivity contribution is 5.51. The first-order chi connectivity index (χ1) is 13.9. The highest BCUT2D eigenvalue weighted by atomic mass is 19.1. The van der Waals surface area contributed by atoms with Gasteiger partial charge < -0.3 is 20.2 Å². The van der Waals surface area contributed by atoms with Crippen molar-refractivity contribution in [3.05, 3.63) is 47.5 Å².